The molecule has 1 fully saturated rings. The third kappa shape index (κ3) is 3.45. The third-order valence-electron chi connectivity index (χ3n) is 6.72. The van der Waals surface area contributed by atoms with Crippen LogP contribution in [0.5, 0.6) is 11.5 Å². The molecule has 2 heterocycles. The van der Waals surface area contributed by atoms with Gasteiger partial charge in [0.05, 0.1) is 26.2 Å². The van der Waals surface area contributed by atoms with Crippen molar-refractivity contribution in [2.45, 2.75) is 37.8 Å². The molecule has 2 aliphatic rings. The van der Waals surface area contributed by atoms with Crippen LogP contribution in [0.4, 0.5) is 20.3 Å². The highest BCUT2D eigenvalue weighted by atomic mass is 19.1. The first-order chi connectivity index (χ1) is 16.4. The van der Waals surface area contributed by atoms with Crippen molar-refractivity contribution in [2.24, 2.45) is 0 Å². The molecule has 3 aromatic rings. The predicted octanol–water partition coefficient (Wildman–Crippen LogP) is 5.13. The number of rotatable bonds is 6. The number of amides is 1. The summed E-state index contributed by atoms with van der Waals surface area (Å²) >= 11 is 0. The molecule has 6 nitrogen and oxygen atoms in total. The zero-order valence-corrected chi connectivity index (χ0v) is 19.2. The van der Waals surface area contributed by atoms with Crippen molar-refractivity contribution in [1.29, 1.82) is 0 Å². The second kappa shape index (κ2) is 8.27. The molecule has 1 amide bonds. The van der Waals surface area contributed by atoms with Crippen molar-refractivity contribution in [1.82, 2.24) is 4.98 Å². The summed E-state index contributed by atoms with van der Waals surface area (Å²) in [6, 6.07) is 13.0. The predicted molar refractivity (Wildman–Crippen MR) is 124 cm³/mol. The largest absolute Gasteiger partial charge is 0.493 e. The summed E-state index contributed by atoms with van der Waals surface area (Å²) in [5.74, 6) is -1.93. The number of nitrogens with zero attached hydrogens (tertiary/aromatic N) is 2. The molecule has 0 saturated heterocycles. The number of carbonyl (C=O) groups excluding carboxylic acids is 1. The summed E-state index contributed by atoms with van der Waals surface area (Å²) in [6.07, 6.45) is 2.90. The topological polar surface area (TPSA) is 63.7 Å². The highest BCUT2D eigenvalue weighted by Gasteiger charge is 2.57. The summed E-state index contributed by atoms with van der Waals surface area (Å²) in [6.45, 7) is 2.04. The van der Waals surface area contributed by atoms with Gasteiger partial charge in [-0.25, -0.2) is 13.8 Å². The van der Waals surface area contributed by atoms with Crippen molar-refractivity contribution in [3.05, 3.63) is 77.0 Å². The van der Waals surface area contributed by atoms with Gasteiger partial charge in [0, 0.05) is 18.3 Å². The Hall–Kier alpha value is -3.68. The Morgan fingerprint density at radius 3 is 2.29 bits per heavy atom. The van der Waals surface area contributed by atoms with E-state index in [0.29, 0.717) is 18.7 Å². The summed E-state index contributed by atoms with van der Waals surface area (Å²) < 4.78 is 40.5. The Labute approximate surface area is 196 Å². The molecule has 5 rings (SSSR count). The van der Waals surface area contributed by atoms with Crippen molar-refractivity contribution < 1.29 is 23.0 Å². The van der Waals surface area contributed by atoms with Crippen molar-refractivity contribution >= 4 is 17.4 Å². The van der Waals surface area contributed by atoms with Crippen LogP contribution in [0.25, 0.3) is 0 Å². The maximum Gasteiger partial charge on any atom is 0.238 e. The van der Waals surface area contributed by atoms with Crippen LogP contribution in [0.1, 0.15) is 42.5 Å². The first-order valence-electron chi connectivity index (χ1n) is 11.1. The van der Waals surface area contributed by atoms with E-state index < -0.39 is 22.7 Å². The molecular formula is C26H25F2N3O3. The van der Waals surface area contributed by atoms with E-state index >= 15 is 8.78 Å². The van der Waals surface area contributed by atoms with Crippen molar-refractivity contribution in [3.63, 3.8) is 0 Å². The van der Waals surface area contributed by atoms with Gasteiger partial charge >= 0.3 is 0 Å². The normalized spacial score (nSPS) is 16.7. The Kier molecular flexibility index (Phi) is 5.38. The molecule has 0 unspecified atom stereocenters. The van der Waals surface area contributed by atoms with Crippen LogP contribution < -0.4 is 19.7 Å². The Morgan fingerprint density at radius 1 is 1.06 bits per heavy atom. The minimum absolute atomic E-state index is 0.00158. The molecule has 1 aliphatic carbocycles. The monoisotopic (exact) mass is 465 g/mol. The summed E-state index contributed by atoms with van der Waals surface area (Å²) in [5, 5.41) is 3.39. The lowest BCUT2D eigenvalue weighted by atomic mass is 9.86. The van der Waals surface area contributed by atoms with Crippen molar-refractivity contribution in [2.75, 3.05) is 24.4 Å². The molecule has 0 bridgehead atoms. The average Bonchev–Trinajstić information content (AvgIpc) is 3.65. The Morgan fingerprint density at radius 2 is 1.71 bits per heavy atom. The lowest BCUT2D eigenvalue weighted by Crippen LogP contribution is -2.45. The summed E-state index contributed by atoms with van der Waals surface area (Å²) in [7, 11) is 2.56. The van der Waals surface area contributed by atoms with Gasteiger partial charge in [-0.1, -0.05) is 30.3 Å². The first-order valence-corrected chi connectivity index (χ1v) is 11.1. The van der Waals surface area contributed by atoms with E-state index in [1.807, 2.05) is 43.3 Å². The number of ether oxygens (including phenoxy) is 2. The van der Waals surface area contributed by atoms with E-state index in [-0.39, 0.29) is 30.0 Å². The highest BCUT2D eigenvalue weighted by molar-refractivity contribution is 6.05. The summed E-state index contributed by atoms with van der Waals surface area (Å²) in [5.41, 5.74) is 1.47. The Bertz CT molecular complexity index is 1230. The highest BCUT2D eigenvalue weighted by Crippen LogP contribution is 2.55. The maximum absolute atomic E-state index is 15.2. The van der Waals surface area contributed by atoms with Crippen LogP contribution in [0.2, 0.25) is 0 Å². The number of anilines is 2. The standard InChI is InChI=1S/C26H25F2N3O3/c1-15(16-7-5-4-6-8-16)30-21-11-18-17(13-29-21)14-31(25(32)26(18)9-10-26)24-22(27)19(33-2)12-20(34-3)23(24)28/h4-8,11-13,15H,9-10,14H2,1-3H3,(H,29,30)/t15-/m1/s1. The average molecular weight is 466 g/mol. The minimum Gasteiger partial charge on any atom is -0.493 e. The number of fused-ring (bicyclic) bond motifs is 2. The van der Waals surface area contributed by atoms with Crippen LogP contribution in [0, 0.1) is 11.6 Å². The van der Waals surface area contributed by atoms with E-state index in [0.717, 1.165) is 27.7 Å². The molecule has 8 heteroatoms. The van der Waals surface area contributed by atoms with Gasteiger partial charge in [0.1, 0.15) is 11.5 Å². The van der Waals surface area contributed by atoms with Gasteiger partial charge in [-0.15, -0.1) is 0 Å². The number of pyridine rings is 1. The molecule has 176 valence electrons. The molecule has 1 aliphatic heterocycles. The summed E-state index contributed by atoms with van der Waals surface area (Å²) in [4.78, 5) is 19.3. The van der Waals surface area contributed by atoms with Crippen LogP contribution in [0.15, 0.2) is 48.7 Å². The van der Waals surface area contributed by atoms with Gasteiger partial charge in [-0.2, -0.15) is 0 Å². The maximum atomic E-state index is 15.2. The first kappa shape index (κ1) is 22.1. The van der Waals surface area contributed by atoms with Crippen LogP contribution in [-0.4, -0.2) is 25.1 Å². The number of carbonyl (C=O) groups is 1. The molecule has 1 saturated carbocycles. The van der Waals surface area contributed by atoms with Crippen LogP contribution >= 0.6 is 0 Å². The van der Waals surface area contributed by atoms with Gasteiger partial charge in [0.25, 0.3) is 0 Å². The SMILES string of the molecule is COc1cc(OC)c(F)c(N2Cc3cnc(N[C@H](C)c4ccccc4)cc3C3(CC3)C2=O)c1F. The van der Waals surface area contributed by atoms with Crippen LogP contribution in [0.3, 0.4) is 0 Å². The van der Waals surface area contributed by atoms with Crippen LogP contribution in [-0.2, 0) is 16.8 Å². The molecule has 1 aromatic heterocycles. The number of benzene rings is 2. The molecule has 1 atom stereocenters. The lowest BCUT2D eigenvalue weighted by Gasteiger charge is -2.35. The number of methoxy groups -OCH3 is 2. The van der Waals surface area contributed by atoms with Crippen molar-refractivity contribution in [3.8, 4) is 11.5 Å². The smallest absolute Gasteiger partial charge is 0.238 e. The molecule has 34 heavy (non-hydrogen) atoms. The van der Waals surface area contributed by atoms with Gasteiger partial charge in [0.15, 0.2) is 23.1 Å². The van der Waals surface area contributed by atoms with E-state index in [4.69, 9.17) is 9.47 Å². The van der Waals surface area contributed by atoms with Gasteiger partial charge in [-0.3, -0.25) is 4.79 Å². The molecule has 1 N–H and O–H groups in total. The quantitative estimate of drug-likeness (QED) is 0.547. The zero-order valence-electron chi connectivity index (χ0n) is 19.2. The molecule has 0 radical (unpaired) electrons. The molecule has 1 spiro atoms. The van der Waals surface area contributed by atoms with Gasteiger partial charge in [-0.05, 0) is 42.5 Å². The minimum atomic E-state index is -0.934. The zero-order chi connectivity index (χ0) is 24.0. The van der Waals surface area contributed by atoms with Gasteiger partial charge in [0.2, 0.25) is 5.91 Å². The molecular weight excluding hydrogens is 440 g/mol. The third-order valence-corrected chi connectivity index (χ3v) is 6.72. The number of halogens is 2. The number of hydrogen-bond acceptors (Lipinski definition) is 5. The fourth-order valence-corrected chi connectivity index (χ4v) is 4.70. The Balaban J connectivity index is 1.52. The van der Waals surface area contributed by atoms with E-state index in [1.165, 1.54) is 14.2 Å². The number of aromatic nitrogens is 1. The fourth-order valence-electron chi connectivity index (χ4n) is 4.70. The van der Waals surface area contributed by atoms with Gasteiger partial charge < -0.3 is 19.7 Å². The van der Waals surface area contributed by atoms with E-state index in [9.17, 15) is 4.79 Å². The number of hydrogen-bond donors (Lipinski definition) is 1. The lowest BCUT2D eigenvalue weighted by molar-refractivity contribution is -0.121. The fraction of sp³-hybridized carbons (Fsp3) is 0.308. The molecule has 2 aromatic carbocycles. The number of nitrogens with one attached hydrogen (secondary N) is 1. The van der Waals surface area contributed by atoms with E-state index in [1.54, 1.807) is 6.20 Å². The van der Waals surface area contributed by atoms with E-state index in [2.05, 4.69) is 10.3 Å². The second-order valence-corrected chi connectivity index (χ2v) is 8.73. The second-order valence-electron chi connectivity index (χ2n) is 8.73.